The summed E-state index contributed by atoms with van der Waals surface area (Å²) in [5, 5.41) is 0. The SMILES string of the molecule is CC(=O)N1CCCCC[C@@H]2[C@@H]1[C@H](c1cccc(F)c1)CN2C(=O)[C@@H]1CCCO1. The largest absolute Gasteiger partial charge is 0.368 e. The van der Waals surface area contributed by atoms with Gasteiger partial charge in [-0.1, -0.05) is 25.0 Å². The Morgan fingerprint density at radius 2 is 1.96 bits per heavy atom. The van der Waals surface area contributed by atoms with Gasteiger partial charge >= 0.3 is 0 Å². The summed E-state index contributed by atoms with van der Waals surface area (Å²) >= 11 is 0. The van der Waals surface area contributed by atoms with E-state index in [1.165, 1.54) is 6.07 Å². The Kier molecular flexibility index (Phi) is 5.67. The lowest BCUT2D eigenvalue weighted by atomic mass is 9.86. The lowest BCUT2D eigenvalue weighted by Crippen LogP contribution is -2.52. The van der Waals surface area contributed by atoms with Crippen LogP contribution in [0.3, 0.4) is 0 Å². The highest BCUT2D eigenvalue weighted by molar-refractivity contribution is 5.82. The zero-order valence-corrected chi connectivity index (χ0v) is 16.5. The zero-order valence-electron chi connectivity index (χ0n) is 16.5. The van der Waals surface area contributed by atoms with Crippen molar-refractivity contribution in [2.24, 2.45) is 0 Å². The fourth-order valence-electron chi connectivity index (χ4n) is 5.24. The summed E-state index contributed by atoms with van der Waals surface area (Å²) in [7, 11) is 0. The van der Waals surface area contributed by atoms with Crippen molar-refractivity contribution in [3.63, 3.8) is 0 Å². The first-order valence-corrected chi connectivity index (χ1v) is 10.5. The topological polar surface area (TPSA) is 49.9 Å². The molecule has 4 rings (SSSR count). The fourth-order valence-corrected chi connectivity index (χ4v) is 5.24. The first-order valence-electron chi connectivity index (χ1n) is 10.5. The van der Waals surface area contributed by atoms with Gasteiger partial charge in [0.05, 0.1) is 12.1 Å². The van der Waals surface area contributed by atoms with E-state index in [2.05, 4.69) is 0 Å². The van der Waals surface area contributed by atoms with Gasteiger partial charge in [0, 0.05) is 32.5 Å². The molecule has 1 aromatic rings. The van der Waals surface area contributed by atoms with Crippen LogP contribution >= 0.6 is 0 Å². The Bertz CT molecular complexity index is 734. The molecule has 4 atom stereocenters. The molecular weight excluding hydrogens is 359 g/mol. The Morgan fingerprint density at radius 3 is 2.68 bits per heavy atom. The number of ether oxygens (including phenoxy) is 1. The van der Waals surface area contributed by atoms with E-state index in [1.807, 2.05) is 15.9 Å². The van der Waals surface area contributed by atoms with Crippen molar-refractivity contribution < 1.29 is 18.7 Å². The number of carbonyl (C=O) groups excluding carboxylic acids is 2. The average Bonchev–Trinajstić information content (AvgIpc) is 3.29. The summed E-state index contributed by atoms with van der Waals surface area (Å²) < 4.78 is 19.6. The number of likely N-dealkylation sites (tertiary alicyclic amines) is 2. The van der Waals surface area contributed by atoms with Crippen LogP contribution in [0.15, 0.2) is 24.3 Å². The van der Waals surface area contributed by atoms with Crippen molar-refractivity contribution in [2.45, 2.75) is 69.6 Å². The van der Waals surface area contributed by atoms with Crippen LogP contribution in [0, 0.1) is 5.82 Å². The normalized spacial score (nSPS) is 30.6. The van der Waals surface area contributed by atoms with Crippen molar-refractivity contribution in [1.82, 2.24) is 9.80 Å². The van der Waals surface area contributed by atoms with Gasteiger partial charge in [0.25, 0.3) is 5.91 Å². The number of nitrogens with zero attached hydrogens (tertiary/aromatic N) is 2. The van der Waals surface area contributed by atoms with Crippen LogP contribution in [0.5, 0.6) is 0 Å². The zero-order chi connectivity index (χ0) is 19.7. The maximum absolute atomic E-state index is 14.0. The third-order valence-electron chi connectivity index (χ3n) is 6.53. The molecule has 0 unspecified atom stereocenters. The van der Waals surface area contributed by atoms with Crippen molar-refractivity contribution in [1.29, 1.82) is 0 Å². The summed E-state index contributed by atoms with van der Waals surface area (Å²) in [6, 6.07) is 6.48. The minimum absolute atomic E-state index is 0.0321. The van der Waals surface area contributed by atoms with E-state index in [9.17, 15) is 14.0 Å². The van der Waals surface area contributed by atoms with Crippen LogP contribution in [0.25, 0.3) is 0 Å². The molecule has 0 bridgehead atoms. The molecule has 0 radical (unpaired) electrons. The lowest BCUT2D eigenvalue weighted by Gasteiger charge is -2.39. The van der Waals surface area contributed by atoms with Crippen LogP contribution in [0.2, 0.25) is 0 Å². The van der Waals surface area contributed by atoms with Crippen molar-refractivity contribution in [3.05, 3.63) is 35.6 Å². The van der Waals surface area contributed by atoms with Gasteiger partial charge < -0.3 is 14.5 Å². The van der Waals surface area contributed by atoms with E-state index in [0.717, 1.165) is 44.1 Å². The molecule has 3 heterocycles. The third-order valence-corrected chi connectivity index (χ3v) is 6.53. The van der Waals surface area contributed by atoms with E-state index in [-0.39, 0.29) is 41.7 Å². The number of amides is 2. The second kappa shape index (κ2) is 8.19. The highest BCUT2D eigenvalue weighted by Gasteiger charge is 2.49. The molecule has 28 heavy (non-hydrogen) atoms. The van der Waals surface area contributed by atoms with E-state index in [4.69, 9.17) is 4.74 Å². The van der Waals surface area contributed by atoms with Crippen molar-refractivity contribution in [3.8, 4) is 0 Å². The molecular formula is C22H29FN2O3. The molecule has 3 aliphatic rings. The standard InChI is InChI=1S/C22H29FN2O3/c1-15(26)24-11-4-2-3-9-19-21(24)18(16-7-5-8-17(23)13-16)14-25(19)22(27)20-10-6-12-28-20/h5,7-8,13,18-21H,2-4,6,9-12,14H2,1H3/t18-,19+,20-,21-/m0/s1. The number of carbonyl (C=O) groups is 2. The number of hydrogen-bond donors (Lipinski definition) is 0. The minimum atomic E-state index is -0.372. The molecule has 152 valence electrons. The van der Waals surface area contributed by atoms with E-state index >= 15 is 0 Å². The molecule has 2 amide bonds. The lowest BCUT2D eigenvalue weighted by molar-refractivity contribution is -0.144. The van der Waals surface area contributed by atoms with Crippen LogP contribution < -0.4 is 0 Å². The average molecular weight is 388 g/mol. The van der Waals surface area contributed by atoms with Crippen LogP contribution in [-0.4, -0.2) is 59.5 Å². The summed E-state index contributed by atoms with van der Waals surface area (Å²) in [4.78, 5) is 29.6. The number of fused-ring (bicyclic) bond motifs is 1. The molecule has 3 aliphatic heterocycles. The van der Waals surface area contributed by atoms with Gasteiger partial charge in [-0.05, 0) is 43.4 Å². The number of halogens is 1. The molecule has 3 fully saturated rings. The van der Waals surface area contributed by atoms with Crippen molar-refractivity contribution >= 4 is 11.8 Å². The second-order valence-electron chi connectivity index (χ2n) is 8.27. The summed E-state index contributed by atoms with van der Waals surface area (Å²) in [5.41, 5.74) is 0.865. The molecule has 3 saturated heterocycles. The van der Waals surface area contributed by atoms with E-state index in [1.54, 1.807) is 19.1 Å². The Balaban J connectivity index is 1.71. The summed E-state index contributed by atoms with van der Waals surface area (Å²) in [5.74, 6) is -0.286. The van der Waals surface area contributed by atoms with Crippen LogP contribution in [0.1, 0.15) is 56.9 Å². The highest BCUT2D eigenvalue weighted by atomic mass is 19.1. The van der Waals surface area contributed by atoms with Gasteiger partial charge in [-0.25, -0.2) is 4.39 Å². The number of benzene rings is 1. The molecule has 0 aromatic heterocycles. The maximum atomic E-state index is 14.0. The molecule has 6 heteroatoms. The maximum Gasteiger partial charge on any atom is 0.252 e. The third kappa shape index (κ3) is 3.66. The first-order chi connectivity index (χ1) is 13.6. The second-order valence-corrected chi connectivity index (χ2v) is 8.27. The van der Waals surface area contributed by atoms with Crippen LogP contribution in [-0.2, 0) is 14.3 Å². The minimum Gasteiger partial charge on any atom is -0.368 e. The van der Waals surface area contributed by atoms with Gasteiger partial charge in [0.15, 0.2) is 0 Å². The first kappa shape index (κ1) is 19.4. The van der Waals surface area contributed by atoms with Gasteiger partial charge in [-0.2, -0.15) is 0 Å². The molecule has 1 aromatic carbocycles. The molecule has 0 N–H and O–H groups in total. The smallest absolute Gasteiger partial charge is 0.252 e. The highest BCUT2D eigenvalue weighted by Crippen LogP contribution is 2.40. The van der Waals surface area contributed by atoms with Crippen LogP contribution in [0.4, 0.5) is 4.39 Å². The molecule has 5 nitrogen and oxygen atoms in total. The summed E-state index contributed by atoms with van der Waals surface area (Å²) in [6.45, 7) is 3.45. The number of rotatable bonds is 2. The predicted octanol–water partition coefficient (Wildman–Crippen LogP) is 3.09. The van der Waals surface area contributed by atoms with Gasteiger partial charge in [-0.15, -0.1) is 0 Å². The van der Waals surface area contributed by atoms with Gasteiger partial charge in [0.2, 0.25) is 5.91 Å². The van der Waals surface area contributed by atoms with Gasteiger partial charge in [0.1, 0.15) is 11.9 Å². The fraction of sp³-hybridized carbons (Fsp3) is 0.636. The number of hydrogen-bond acceptors (Lipinski definition) is 3. The van der Waals surface area contributed by atoms with Crippen molar-refractivity contribution in [2.75, 3.05) is 19.7 Å². The summed E-state index contributed by atoms with van der Waals surface area (Å²) in [6.07, 6.45) is 5.23. The Labute approximate surface area is 165 Å². The quantitative estimate of drug-likeness (QED) is 0.782. The van der Waals surface area contributed by atoms with E-state index in [0.29, 0.717) is 19.7 Å². The molecule has 0 spiro atoms. The van der Waals surface area contributed by atoms with Gasteiger partial charge in [-0.3, -0.25) is 9.59 Å². The Hall–Kier alpha value is -1.95. The molecule has 0 saturated carbocycles. The molecule has 0 aliphatic carbocycles. The monoisotopic (exact) mass is 388 g/mol. The van der Waals surface area contributed by atoms with E-state index < -0.39 is 0 Å². The predicted molar refractivity (Wildman–Crippen MR) is 103 cm³/mol. The Morgan fingerprint density at radius 1 is 1.11 bits per heavy atom.